The molecule has 2 fully saturated rings. The fourth-order valence-electron chi connectivity index (χ4n) is 5.06. The summed E-state index contributed by atoms with van der Waals surface area (Å²) in [5, 5.41) is 17.7. The number of hydrogen-bond acceptors (Lipinski definition) is 7. The van der Waals surface area contributed by atoms with E-state index in [1.165, 1.54) is 6.07 Å². The van der Waals surface area contributed by atoms with E-state index in [1.807, 2.05) is 15.4 Å². The predicted octanol–water partition coefficient (Wildman–Crippen LogP) is 4.96. The number of carbonyl (C=O) groups is 1. The molecule has 1 saturated heterocycles. The van der Waals surface area contributed by atoms with Crippen molar-refractivity contribution in [1.82, 2.24) is 29.5 Å². The number of aromatic carboxylic acids is 1. The van der Waals surface area contributed by atoms with Crippen molar-refractivity contribution in [3.63, 3.8) is 0 Å². The molecule has 1 saturated carbocycles. The van der Waals surface area contributed by atoms with Gasteiger partial charge >= 0.3 is 5.97 Å². The average Bonchev–Trinajstić information content (AvgIpc) is 3.60. The van der Waals surface area contributed by atoms with Gasteiger partial charge in [-0.05, 0) is 61.2 Å². The van der Waals surface area contributed by atoms with Gasteiger partial charge in [0.15, 0.2) is 0 Å². The first-order valence-corrected chi connectivity index (χ1v) is 13.7. The smallest absolute Gasteiger partial charge is 0.335 e. The number of benzene rings is 2. The number of fused-ring (bicyclic) bond motifs is 1. The zero-order valence-electron chi connectivity index (χ0n) is 22.4. The maximum absolute atomic E-state index is 15.5. The van der Waals surface area contributed by atoms with E-state index in [-0.39, 0.29) is 47.4 Å². The van der Waals surface area contributed by atoms with Gasteiger partial charge in [-0.3, -0.25) is 0 Å². The summed E-state index contributed by atoms with van der Waals surface area (Å²) in [5.74, 6) is -1.56. The van der Waals surface area contributed by atoms with Crippen LogP contribution in [-0.4, -0.2) is 53.3 Å². The van der Waals surface area contributed by atoms with Crippen LogP contribution in [0.25, 0.3) is 22.3 Å². The normalized spacial score (nSPS) is 16.5. The number of carboxylic acid groups (broad SMARTS) is 1. The highest BCUT2D eigenvalue weighted by Gasteiger charge is 2.25. The van der Waals surface area contributed by atoms with E-state index >= 15 is 8.78 Å². The molecule has 1 atom stereocenters. The Morgan fingerprint density at radius 1 is 1.07 bits per heavy atom. The Morgan fingerprint density at radius 2 is 1.93 bits per heavy atom. The quantitative estimate of drug-likeness (QED) is 0.250. The highest BCUT2D eigenvalue weighted by Crippen LogP contribution is 2.34. The van der Waals surface area contributed by atoms with Gasteiger partial charge < -0.3 is 19.1 Å². The van der Waals surface area contributed by atoms with Crippen LogP contribution < -0.4 is 4.74 Å². The van der Waals surface area contributed by atoms with E-state index in [0.29, 0.717) is 41.7 Å². The van der Waals surface area contributed by atoms with Crippen molar-refractivity contribution in [2.45, 2.75) is 51.0 Å². The van der Waals surface area contributed by atoms with E-state index in [1.54, 1.807) is 30.3 Å². The van der Waals surface area contributed by atoms with Crippen LogP contribution in [0.5, 0.6) is 5.88 Å². The molecule has 0 radical (unpaired) electrons. The molecule has 1 aliphatic heterocycles. The van der Waals surface area contributed by atoms with E-state index < -0.39 is 17.6 Å². The molecule has 7 rings (SSSR count). The lowest BCUT2D eigenvalue weighted by Gasteiger charge is -2.27. The van der Waals surface area contributed by atoms with Crippen LogP contribution >= 0.6 is 0 Å². The maximum Gasteiger partial charge on any atom is 0.335 e. The molecular weight excluding hydrogens is 546 g/mol. The molecule has 10 nitrogen and oxygen atoms in total. The van der Waals surface area contributed by atoms with Gasteiger partial charge in [-0.2, -0.15) is 0 Å². The van der Waals surface area contributed by atoms with Crippen molar-refractivity contribution in [3.8, 4) is 17.1 Å². The molecule has 42 heavy (non-hydrogen) atoms. The highest BCUT2D eigenvalue weighted by atomic mass is 19.1. The molecule has 0 unspecified atom stereocenters. The van der Waals surface area contributed by atoms with Gasteiger partial charge in [0.2, 0.25) is 5.88 Å². The Labute approximate surface area is 238 Å². The zero-order chi connectivity index (χ0) is 28.8. The van der Waals surface area contributed by atoms with Gasteiger partial charge in [-0.1, -0.05) is 11.3 Å². The first-order chi connectivity index (χ1) is 20.4. The van der Waals surface area contributed by atoms with Crippen molar-refractivity contribution in [3.05, 3.63) is 89.0 Å². The van der Waals surface area contributed by atoms with Crippen LogP contribution in [0.1, 0.15) is 52.7 Å². The average molecular weight is 573 g/mol. The van der Waals surface area contributed by atoms with E-state index in [0.717, 1.165) is 31.4 Å². The summed E-state index contributed by atoms with van der Waals surface area (Å²) in [5.41, 5.74) is 2.31. The molecule has 1 aliphatic carbocycles. The molecule has 2 aliphatic rings. The Kier molecular flexibility index (Phi) is 6.62. The lowest BCUT2D eigenvalue weighted by molar-refractivity contribution is -0.0589. The monoisotopic (exact) mass is 572 g/mol. The summed E-state index contributed by atoms with van der Waals surface area (Å²) in [4.78, 5) is 20.6. The molecule has 0 amide bonds. The highest BCUT2D eigenvalue weighted by molar-refractivity contribution is 5.92. The van der Waals surface area contributed by atoms with Gasteiger partial charge in [0.25, 0.3) is 0 Å². The second-order valence-corrected chi connectivity index (χ2v) is 10.6. The third kappa shape index (κ3) is 5.20. The van der Waals surface area contributed by atoms with Crippen molar-refractivity contribution in [2.75, 3.05) is 6.61 Å². The number of halogens is 2. The minimum atomic E-state index is -1.06. The van der Waals surface area contributed by atoms with E-state index in [2.05, 4.69) is 20.3 Å². The van der Waals surface area contributed by atoms with Crippen LogP contribution in [0, 0.1) is 11.6 Å². The minimum Gasteiger partial charge on any atom is -0.478 e. The Bertz CT molecular complexity index is 1810. The number of carboxylic acids is 1. The largest absolute Gasteiger partial charge is 0.478 e. The van der Waals surface area contributed by atoms with Crippen molar-refractivity contribution >= 4 is 17.0 Å². The van der Waals surface area contributed by atoms with Crippen LogP contribution in [-0.2, 0) is 24.3 Å². The lowest BCUT2D eigenvalue weighted by atomic mass is 10.0. The molecule has 2 aromatic carbocycles. The van der Waals surface area contributed by atoms with Crippen molar-refractivity contribution < 1.29 is 28.2 Å². The number of hydrogen-bond donors (Lipinski definition) is 1. The van der Waals surface area contributed by atoms with E-state index in [9.17, 15) is 9.90 Å². The summed E-state index contributed by atoms with van der Waals surface area (Å²) in [7, 11) is 0. The minimum absolute atomic E-state index is 0.00356. The summed E-state index contributed by atoms with van der Waals surface area (Å²) in [6, 6.07) is 12.2. The Balaban J connectivity index is 1.14. The van der Waals surface area contributed by atoms with Crippen molar-refractivity contribution in [2.24, 2.45) is 0 Å². The maximum atomic E-state index is 15.5. The zero-order valence-corrected chi connectivity index (χ0v) is 22.4. The first-order valence-electron chi connectivity index (χ1n) is 13.7. The van der Waals surface area contributed by atoms with E-state index in [4.69, 9.17) is 9.47 Å². The Hall–Kier alpha value is -4.71. The van der Waals surface area contributed by atoms with Gasteiger partial charge in [-0.25, -0.2) is 28.2 Å². The molecule has 214 valence electrons. The topological polar surface area (TPSA) is 117 Å². The first kappa shape index (κ1) is 26.2. The summed E-state index contributed by atoms with van der Waals surface area (Å²) < 4.78 is 45.9. The third-order valence-corrected chi connectivity index (χ3v) is 7.58. The molecule has 12 heteroatoms. The molecule has 3 aromatic heterocycles. The Morgan fingerprint density at radius 3 is 2.69 bits per heavy atom. The summed E-state index contributed by atoms with van der Waals surface area (Å²) in [6.45, 7) is 1.24. The summed E-state index contributed by atoms with van der Waals surface area (Å²) >= 11 is 0. The number of pyridine rings is 1. The van der Waals surface area contributed by atoms with Crippen LogP contribution in [0.2, 0.25) is 0 Å². The number of aromatic nitrogens is 6. The fraction of sp³-hybridized carbons (Fsp3) is 0.300. The molecule has 1 N–H and O–H groups in total. The second-order valence-electron chi connectivity index (χ2n) is 10.6. The SMILES string of the molecule is O=C(O)c1ccc2nc(Cc3cc(F)c(-c4cccc(OCc5cn(C6CC6)nn5)n4)cc3F)n(C[C@@H]3CCO3)c2c1. The lowest BCUT2D eigenvalue weighted by Crippen LogP contribution is -2.31. The fourth-order valence-corrected chi connectivity index (χ4v) is 5.06. The standard InChI is InChI=1S/C30H26F2N6O4/c31-23-13-22(25-2-1-3-29(34-25)42-16-19-14-38(36-35-19)20-5-6-20)24(32)10-18(23)12-28-33-26-7-4-17(30(39)40)11-27(26)37(28)15-21-8-9-41-21/h1-4,7,10-11,13-14,20-21H,5-6,8-9,12,15-16H2,(H,39,40)/t21-/m0/s1. The molecule has 5 aromatic rings. The molecule has 0 bridgehead atoms. The van der Waals surface area contributed by atoms with Crippen LogP contribution in [0.15, 0.2) is 54.7 Å². The number of nitrogens with zero attached hydrogens (tertiary/aromatic N) is 6. The van der Waals surface area contributed by atoms with Crippen LogP contribution in [0.3, 0.4) is 0 Å². The van der Waals surface area contributed by atoms with Gasteiger partial charge in [0, 0.05) is 24.7 Å². The second kappa shape index (κ2) is 10.6. The third-order valence-electron chi connectivity index (χ3n) is 7.58. The number of ether oxygens (including phenoxy) is 2. The number of imidazole rings is 1. The molecule has 0 spiro atoms. The van der Waals surface area contributed by atoms with Gasteiger partial charge in [-0.15, -0.1) is 5.10 Å². The molecule has 4 heterocycles. The predicted molar refractivity (Wildman–Crippen MR) is 146 cm³/mol. The molecular formula is C30H26F2N6O4. The van der Waals surface area contributed by atoms with Gasteiger partial charge in [0.05, 0.1) is 47.2 Å². The summed E-state index contributed by atoms with van der Waals surface area (Å²) in [6.07, 6.45) is 4.84. The van der Waals surface area contributed by atoms with Gasteiger partial charge in [0.1, 0.15) is 29.8 Å². The van der Waals surface area contributed by atoms with Crippen molar-refractivity contribution in [1.29, 1.82) is 0 Å². The number of rotatable bonds is 10. The van der Waals surface area contributed by atoms with Crippen LogP contribution in [0.4, 0.5) is 8.78 Å².